The maximum atomic E-state index is 13.7. The number of carbonyl (C=O) groups excluding carboxylic acids is 1. The van der Waals surface area contributed by atoms with E-state index < -0.39 is 0 Å². The quantitative estimate of drug-likeness (QED) is 0.201. The molecule has 8 heteroatoms. The number of ether oxygens (including phenoxy) is 3. The summed E-state index contributed by atoms with van der Waals surface area (Å²) < 4.78 is 17.1. The lowest BCUT2D eigenvalue weighted by Crippen LogP contribution is -2.41. The number of aryl methyl sites for hydroxylation is 2. The summed E-state index contributed by atoms with van der Waals surface area (Å²) in [4.78, 5) is 15.8. The SMILES string of the molecule is COC(C)c1ccc(C)c(CN(C(=O)C(CN)Cc2ccc(OCCOc3c(Cl)cc(C)cc3Cl)cc2)C2CC2)c1. The van der Waals surface area contributed by atoms with Crippen LogP contribution in [0.3, 0.4) is 0 Å². The number of nitrogens with zero attached hydrogens (tertiary/aromatic N) is 1. The molecule has 2 unspecified atom stereocenters. The molecule has 41 heavy (non-hydrogen) atoms. The van der Waals surface area contributed by atoms with Crippen molar-refractivity contribution in [3.8, 4) is 11.5 Å². The second-order valence-corrected chi connectivity index (χ2v) is 11.6. The molecule has 1 fully saturated rings. The third kappa shape index (κ3) is 8.39. The van der Waals surface area contributed by atoms with Crippen LogP contribution in [0.25, 0.3) is 0 Å². The summed E-state index contributed by atoms with van der Waals surface area (Å²) in [7, 11) is 1.71. The summed E-state index contributed by atoms with van der Waals surface area (Å²) in [5.41, 5.74) is 11.6. The van der Waals surface area contributed by atoms with Crippen molar-refractivity contribution in [2.24, 2.45) is 11.7 Å². The highest BCUT2D eigenvalue weighted by Crippen LogP contribution is 2.34. The number of methoxy groups -OCH3 is 1. The Labute approximate surface area is 253 Å². The molecule has 220 valence electrons. The number of hydrogen-bond donors (Lipinski definition) is 1. The monoisotopic (exact) mass is 598 g/mol. The minimum absolute atomic E-state index is 0.000814. The standard InChI is InChI=1S/C33H40Cl2N2O4/c1-21-15-30(34)32(31(35)16-21)41-14-13-40-29-11-6-24(7-12-29)17-26(19-36)33(38)37(28-9-10-28)20-27-18-25(23(3)39-4)8-5-22(27)2/h5-8,11-12,15-16,18,23,26,28H,9-10,13-14,17,19-20,36H2,1-4H3. The fourth-order valence-electron chi connectivity index (χ4n) is 4.85. The Kier molecular flexibility index (Phi) is 11.0. The van der Waals surface area contributed by atoms with Crippen LogP contribution in [0.15, 0.2) is 54.6 Å². The third-order valence-electron chi connectivity index (χ3n) is 7.59. The van der Waals surface area contributed by atoms with Crippen LogP contribution in [0.1, 0.15) is 53.7 Å². The Bertz CT molecular complexity index is 1300. The van der Waals surface area contributed by atoms with Crippen molar-refractivity contribution < 1.29 is 19.0 Å². The van der Waals surface area contributed by atoms with Crippen LogP contribution >= 0.6 is 23.2 Å². The van der Waals surface area contributed by atoms with E-state index in [0.717, 1.165) is 35.1 Å². The first kappa shape index (κ1) is 31.2. The lowest BCUT2D eigenvalue weighted by Gasteiger charge is -2.28. The normalized spacial score (nSPS) is 14.4. The van der Waals surface area contributed by atoms with Gasteiger partial charge >= 0.3 is 0 Å². The van der Waals surface area contributed by atoms with Crippen molar-refractivity contribution in [3.05, 3.63) is 92.5 Å². The topological polar surface area (TPSA) is 74.0 Å². The molecule has 0 aromatic heterocycles. The molecular weight excluding hydrogens is 559 g/mol. The molecular formula is C33H40Cl2N2O4. The van der Waals surface area contributed by atoms with Gasteiger partial charge in [-0.15, -0.1) is 0 Å². The molecule has 1 aliphatic rings. The van der Waals surface area contributed by atoms with Gasteiger partial charge in [-0.3, -0.25) is 4.79 Å². The van der Waals surface area contributed by atoms with E-state index in [0.29, 0.717) is 54.3 Å². The molecule has 0 heterocycles. The Morgan fingerprint density at radius 1 is 1.00 bits per heavy atom. The van der Waals surface area contributed by atoms with Gasteiger partial charge in [0.15, 0.2) is 5.75 Å². The van der Waals surface area contributed by atoms with Gasteiger partial charge < -0.3 is 24.8 Å². The van der Waals surface area contributed by atoms with Crippen molar-refractivity contribution in [1.82, 2.24) is 4.90 Å². The number of halogens is 2. The van der Waals surface area contributed by atoms with Crippen LogP contribution in [0.5, 0.6) is 11.5 Å². The first-order chi connectivity index (χ1) is 19.7. The molecule has 1 aliphatic carbocycles. The van der Waals surface area contributed by atoms with Crippen molar-refractivity contribution in [2.45, 2.75) is 58.7 Å². The summed E-state index contributed by atoms with van der Waals surface area (Å²) in [5, 5.41) is 0.959. The van der Waals surface area contributed by atoms with E-state index >= 15 is 0 Å². The van der Waals surface area contributed by atoms with E-state index in [9.17, 15) is 4.79 Å². The molecule has 3 aromatic carbocycles. The van der Waals surface area contributed by atoms with Crippen LogP contribution in [0.2, 0.25) is 10.0 Å². The van der Waals surface area contributed by atoms with Gasteiger partial charge in [-0.05, 0) is 92.1 Å². The van der Waals surface area contributed by atoms with Gasteiger partial charge in [-0.1, -0.05) is 53.5 Å². The minimum Gasteiger partial charge on any atom is -0.490 e. The maximum Gasteiger partial charge on any atom is 0.227 e. The van der Waals surface area contributed by atoms with E-state index in [1.807, 2.05) is 55.1 Å². The molecule has 0 bridgehead atoms. The summed E-state index contributed by atoms with van der Waals surface area (Å²) in [5.74, 6) is 1.00. The summed E-state index contributed by atoms with van der Waals surface area (Å²) in [6, 6.07) is 18.1. The highest BCUT2D eigenvalue weighted by atomic mass is 35.5. The molecule has 3 aromatic rings. The number of carbonyl (C=O) groups is 1. The van der Waals surface area contributed by atoms with Gasteiger partial charge in [0.2, 0.25) is 5.91 Å². The van der Waals surface area contributed by atoms with Crippen LogP contribution < -0.4 is 15.2 Å². The number of benzene rings is 3. The summed E-state index contributed by atoms with van der Waals surface area (Å²) >= 11 is 12.5. The van der Waals surface area contributed by atoms with E-state index in [4.69, 9.17) is 43.1 Å². The van der Waals surface area contributed by atoms with Gasteiger partial charge in [-0.25, -0.2) is 0 Å². The predicted molar refractivity (Wildman–Crippen MR) is 165 cm³/mol. The number of hydrogen-bond acceptors (Lipinski definition) is 5. The maximum absolute atomic E-state index is 13.7. The lowest BCUT2D eigenvalue weighted by molar-refractivity contribution is -0.136. The summed E-state index contributed by atoms with van der Waals surface area (Å²) in [6.45, 7) is 7.57. The Hall–Kier alpha value is -2.77. The molecule has 1 saturated carbocycles. The molecule has 0 saturated heterocycles. The third-order valence-corrected chi connectivity index (χ3v) is 8.15. The summed E-state index contributed by atoms with van der Waals surface area (Å²) in [6.07, 6.45) is 2.65. The van der Waals surface area contributed by atoms with E-state index in [1.165, 1.54) is 5.56 Å². The highest BCUT2D eigenvalue weighted by molar-refractivity contribution is 6.37. The van der Waals surface area contributed by atoms with Gasteiger partial charge in [0.25, 0.3) is 0 Å². The van der Waals surface area contributed by atoms with E-state index in [-0.39, 0.29) is 24.0 Å². The van der Waals surface area contributed by atoms with Crippen molar-refractivity contribution in [2.75, 3.05) is 26.9 Å². The van der Waals surface area contributed by atoms with Gasteiger partial charge in [-0.2, -0.15) is 0 Å². The highest BCUT2D eigenvalue weighted by Gasteiger charge is 2.35. The zero-order valence-corrected chi connectivity index (χ0v) is 25.8. The molecule has 0 spiro atoms. The lowest BCUT2D eigenvalue weighted by atomic mass is 9.96. The van der Waals surface area contributed by atoms with E-state index in [1.54, 1.807) is 7.11 Å². The average molecular weight is 600 g/mol. The van der Waals surface area contributed by atoms with E-state index in [2.05, 4.69) is 25.1 Å². The van der Waals surface area contributed by atoms with Gasteiger partial charge in [0, 0.05) is 26.2 Å². The van der Waals surface area contributed by atoms with Crippen molar-refractivity contribution in [3.63, 3.8) is 0 Å². The second kappa shape index (κ2) is 14.4. The molecule has 0 aliphatic heterocycles. The minimum atomic E-state index is -0.291. The first-order valence-corrected chi connectivity index (χ1v) is 14.9. The fourth-order valence-corrected chi connectivity index (χ4v) is 5.55. The second-order valence-electron chi connectivity index (χ2n) is 10.8. The van der Waals surface area contributed by atoms with Crippen molar-refractivity contribution in [1.29, 1.82) is 0 Å². The van der Waals surface area contributed by atoms with Gasteiger partial charge in [0.05, 0.1) is 22.1 Å². The fraction of sp³-hybridized carbons (Fsp3) is 0.424. The zero-order valence-electron chi connectivity index (χ0n) is 24.3. The Morgan fingerprint density at radius 3 is 2.27 bits per heavy atom. The number of nitrogens with two attached hydrogens (primary N) is 1. The number of amides is 1. The van der Waals surface area contributed by atoms with Gasteiger partial charge in [0.1, 0.15) is 19.0 Å². The van der Waals surface area contributed by atoms with Crippen LogP contribution in [0.4, 0.5) is 0 Å². The van der Waals surface area contributed by atoms with Crippen molar-refractivity contribution >= 4 is 29.1 Å². The first-order valence-electron chi connectivity index (χ1n) is 14.1. The van der Waals surface area contributed by atoms with Crippen LogP contribution in [-0.4, -0.2) is 43.7 Å². The largest absolute Gasteiger partial charge is 0.490 e. The number of rotatable bonds is 14. The zero-order chi connectivity index (χ0) is 29.5. The molecule has 1 amide bonds. The predicted octanol–water partition coefficient (Wildman–Crippen LogP) is 7.08. The smallest absolute Gasteiger partial charge is 0.227 e. The molecule has 0 radical (unpaired) electrons. The molecule has 2 atom stereocenters. The molecule has 6 nitrogen and oxygen atoms in total. The Morgan fingerprint density at radius 2 is 1.66 bits per heavy atom. The molecule has 2 N–H and O–H groups in total. The Balaban J connectivity index is 1.33. The van der Waals surface area contributed by atoms with Crippen LogP contribution in [-0.2, 0) is 22.5 Å². The molecule has 4 rings (SSSR count). The average Bonchev–Trinajstić information content (AvgIpc) is 3.80. The van der Waals surface area contributed by atoms with Crippen LogP contribution in [0, 0.1) is 19.8 Å².